The first-order chi connectivity index (χ1) is 58.7. The summed E-state index contributed by atoms with van der Waals surface area (Å²) >= 11 is 0. The number of anilines is 1. The minimum atomic E-state index is -5.77. The molecule has 4 aliphatic heterocycles. The van der Waals surface area contributed by atoms with Crippen molar-refractivity contribution in [2.75, 3.05) is 76.7 Å². The quantitative estimate of drug-likeness (QED) is 0.0163. The van der Waals surface area contributed by atoms with Gasteiger partial charge in [-0.2, -0.15) is 13.6 Å². The zero-order valence-corrected chi connectivity index (χ0v) is 73.5. The summed E-state index contributed by atoms with van der Waals surface area (Å²) in [6, 6.07) is 3.89. The van der Waals surface area contributed by atoms with Crippen molar-refractivity contribution >= 4 is 128 Å². The summed E-state index contributed by atoms with van der Waals surface area (Å²) in [6.07, 6.45) is 6.05. The molecule has 5 heterocycles. The Labute approximate surface area is 722 Å². The van der Waals surface area contributed by atoms with Crippen LogP contribution >= 0.6 is 45.1 Å². The molecular weight excluding hydrogens is 1720 g/mol. The van der Waals surface area contributed by atoms with E-state index in [1.54, 1.807) is 16.8 Å². The number of carboxylic acids is 3. The van der Waals surface area contributed by atoms with Gasteiger partial charge in [0.25, 0.3) is 5.91 Å². The number of fused-ring (bicyclic) bond motifs is 2. The smallest absolute Gasteiger partial charge is 0.481 e. The minimum absolute atomic E-state index is 0.00222. The molecule has 0 saturated carbocycles. The van der Waals surface area contributed by atoms with E-state index < -0.39 is 151 Å². The van der Waals surface area contributed by atoms with E-state index in [4.69, 9.17) is 25.2 Å². The van der Waals surface area contributed by atoms with Gasteiger partial charge in [-0.15, -0.1) is 0 Å². The van der Waals surface area contributed by atoms with Gasteiger partial charge in [0.2, 0.25) is 47.3 Å². The lowest BCUT2D eigenvalue weighted by Crippen LogP contribution is -2.58. The number of aliphatic carboxylic acids is 3. The van der Waals surface area contributed by atoms with Gasteiger partial charge in [-0.25, -0.2) is 23.3 Å². The van der Waals surface area contributed by atoms with Crippen LogP contribution in [-0.2, 0) is 97.2 Å². The number of hydrogen-bond donors (Lipinski definition) is 13. The number of aliphatic imine (C=N–C) groups is 1. The van der Waals surface area contributed by atoms with Gasteiger partial charge in [0, 0.05) is 101 Å². The van der Waals surface area contributed by atoms with Crippen molar-refractivity contribution in [3.63, 3.8) is 0 Å². The third kappa shape index (κ3) is 27.5. The number of benzene rings is 2. The van der Waals surface area contributed by atoms with E-state index >= 15 is 0 Å². The number of carbonyl (C=O) groups is 12. The molecule has 1 aromatic heterocycles. The maximum absolute atomic E-state index is 14.9. The SMILES string of the molecule is CCN=C1C=C2Cc3cc(CC)c(C)cc3C(c3ccccc3C(=O)N(C)CCCC(=O)N3CCCC3C(=O)NCCCCC(NC(=O)C3CCCN3C(=O)CCSSCCC(=O)NCC#Cc3cn([C@H]4CC[C@@H](COP(=O)(O)OP(=O)(O)OP(=O)(O)O)O4)c(=O)nc3N)C(=O)N3CCCC3C(=O)NC(CC(=O)O)C(=O)NC(CC(=O)O)C(=O)O)C2C=C1C. The number of hydrogen-bond acceptors (Lipinski definition) is 25. The van der Waals surface area contributed by atoms with E-state index in [0.717, 1.165) is 39.2 Å². The van der Waals surface area contributed by atoms with Crippen molar-refractivity contribution in [2.45, 2.75) is 204 Å². The Bertz CT molecular complexity index is 4920. The monoisotopic (exact) mass is 1830 g/mol. The van der Waals surface area contributed by atoms with E-state index in [9.17, 15) is 101 Å². The predicted molar refractivity (Wildman–Crippen MR) is 451 cm³/mol. The molecule has 2 aliphatic carbocycles. The Morgan fingerprint density at radius 1 is 0.734 bits per heavy atom. The van der Waals surface area contributed by atoms with Gasteiger partial charge in [-0.1, -0.05) is 82.3 Å². The Morgan fingerprint density at radius 3 is 2.02 bits per heavy atom. The maximum atomic E-state index is 14.9. The standard InChI is InChI=1S/C79H106N13O27P3S2/c1-6-48-39-50-40-51-41-58(81-7-2)47(4)38-56(51)70(55(50)37-46(48)3)53-18-8-9-19-54(53)76(104)88(5)31-16-24-65(94)89-32-13-21-61(89)73(101)83-29-11-10-20-57(77(105)91-34-15-23-63(91)75(103)85-59(42-68(96)97)72(100)86-60(78(106)107)43-69(98)99)84-74(102)62-22-14-33-90(62)66(95)28-36-124-123-35-27-64(93)82-30-12-17-49-44-92(79(108)87-71(49)80)67-26-25-52(117-67)45-116-121(112,113)119-122(114,115)118-120(109,110)111/h8-9,18-19,37-39,41,44,52,56-57,59-63,67,70H,6-7,10-11,13-16,20-36,40,42-43,45H2,1-5H3,(H,82,93)(H,83,101)(H,84,102)(H,85,103)(H,86,100)(H,96,97)(H,98,99)(H,106,107)(H,112,113)(H,114,115)(H2,80,87,108)(H2,109,110,111)/t52-,56?,57?,59?,60?,61?,62?,63?,67+,70?/m0/s1. The number of ether oxygens (including phenoxy) is 1. The molecule has 10 unspecified atom stereocenters. The molecule has 40 nitrogen and oxygen atoms in total. The second-order valence-electron chi connectivity index (χ2n) is 30.7. The Morgan fingerprint density at radius 2 is 1.36 bits per heavy atom. The first kappa shape index (κ1) is 98.3. The number of rotatable bonds is 42. The molecule has 0 radical (unpaired) electrons. The van der Waals surface area contributed by atoms with Crippen LogP contribution in [0.2, 0.25) is 0 Å². The van der Waals surface area contributed by atoms with Gasteiger partial charge in [0.05, 0.1) is 43.4 Å². The van der Waals surface area contributed by atoms with Gasteiger partial charge < -0.3 is 91.5 Å². The number of likely N-dealkylation sites (tertiary alicyclic amines) is 3. The number of phosphoric ester groups is 1. The summed E-state index contributed by atoms with van der Waals surface area (Å²) in [6.45, 7) is 8.95. The molecule has 4 saturated heterocycles. The molecule has 9 rings (SSSR count). The highest BCUT2D eigenvalue weighted by atomic mass is 33.1. The van der Waals surface area contributed by atoms with Gasteiger partial charge in [0.15, 0.2) is 0 Å². The van der Waals surface area contributed by atoms with Crippen LogP contribution in [-0.4, -0.2) is 254 Å². The maximum Gasteiger partial charge on any atom is 0.490 e. The largest absolute Gasteiger partial charge is 0.490 e. The van der Waals surface area contributed by atoms with E-state index in [1.165, 1.54) is 60.5 Å². The first-order valence-corrected chi connectivity index (χ1v) is 47.7. The topological polar surface area (TPSA) is 581 Å². The number of phosphoric acid groups is 3. The zero-order chi connectivity index (χ0) is 90.5. The number of nitrogens with zero attached hydrogens (tertiary/aromatic N) is 7. The molecule has 9 amide bonds. The van der Waals surface area contributed by atoms with Crippen molar-refractivity contribution < 1.29 is 124 Å². The molecule has 124 heavy (non-hydrogen) atoms. The number of amides is 9. The lowest BCUT2D eigenvalue weighted by atomic mass is 9.65. The van der Waals surface area contributed by atoms with Gasteiger partial charge in [0.1, 0.15) is 48.3 Å². The average Bonchev–Trinajstić information content (AvgIpc) is 1.54. The van der Waals surface area contributed by atoms with Crippen LogP contribution in [0.5, 0.6) is 0 Å². The number of nitrogen functional groups attached to an aromatic ring is 1. The number of nitrogens with two attached hydrogens (primary N) is 1. The number of nitrogens with one attached hydrogen (secondary N) is 5. The number of carbonyl (C=O) groups excluding carboxylic acids is 9. The number of aromatic nitrogens is 2. The summed E-state index contributed by atoms with van der Waals surface area (Å²) in [5.74, 6) is -4.71. The van der Waals surface area contributed by atoms with Gasteiger partial charge in [-0.05, 0) is 156 Å². The molecule has 0 spiro atoms. The fourth-order valence-electron chi connectivity index (χ4n) is 16.0. The molecule has 45 heteroatoms. The zero-order valence-electron chi connectivity index (χ0n) is 69.1. The molecule has 0 bridgehead atoms. The van der Waals surface area contributed by atoms with Gasteiger partial charge >= 0.3 is 47.1 Å². The third-order valence-corrected chi connectivity index (χ3v) is 28.1. The van der Waals surface area contributed by atoms with Crippen molar-refractivity contribution in [1.82, 2.24) is 55.7 Å². The van der Waals surface area contributed by atoms with Crippen LogP contribution in [0.25, 0.3) is 0 Å². The van der Waals surface area contributed by atoms with Crippen LogP contribution in [0.15, 0.2) is 75.7 Å². The Balaban J connectivity index is 0.762. The lowest BCUT2D eigenvalue weighted by Gasteiger charge is -2.38. The molecule has 2 aromatic carbocycles. The van der Waals surface area contributed by atoms with Gasteiger partial charge in [-0.3, -0.25) is 66.8 Å². The van der Waals surface area contributed by atoms with Crippen molar-refractivity contribution in [3.05, 3.63) is 115 Å². The van der Waals surface area contributed by atoms with E-state index in [-0.39, 0.29) is 150 Å². The van der Waals surface area contributed by atoms with Crippen LogP contribution in [0.1, 0.15) is 186 Å². The summed E-state index contributed by atoms with van der Waals surface area (Å²) in [5.41, 5.74) is 14.8. The van der Waals surface area contributed by atoms with Crippen LogP contribution < -0.4 is 38.0 Å². The average molecular weight is 1830 g/mol. The fraction of sp³-hybridized carbons (Fsp3) is 0.557. The van der Waals surface area contributed by atoms with E-state index in [1.807, 2.05) is 36.5 Å². The van der Waals surface area contributed by atoms with Crippen molar-refractivity contribution in [3.8, 4) is 11.8 Å². The number of allylic oxidation sites excluding steroid dienone is 4. The highest BCUT2D eigenvalue weighted by molar-refractivity contribution is 8.76. The second-order valence-corrected chi connectivity index (χ2v) is 37.8. The van der Waals surface area contributed by atoms with Crippen molar-refractivity contribution in [1.29, 1.82) is 0 Å². The summed E-state index contributed by atoms with van der Waals surface area (Å²) in [4.78, 5) is 225. The first-order valence-electron chi connectivity index (χ1n) is 40.7. The lowest BCUT2D eigenvalue weighted by molar-refractivity contribution is -0.148. The van der Waals surface area contributed by atoms with Crippen LogP contribution in [0, 0.1) is 24.7 Å². The number of unbranched alkanes of at least 4 members (excludes halogenated alkanes) is 1. The summed E-state index contributed by atoms with van der Waals surface area (Å²) < 4.78 is 53.6. The predicted octanol–water partition coefficient (Wildman–Crippen LogP) is 4.30. The fourth-order valence-corrected chi connectivity index (χ4v) is 21.0. The summed E-state index contributed by atoms with van der Waals surface area (Å²) in [5, 5.41) is 41.2. The molecule has 14 N–H and O–H groups in total. The van der Waals surface area contributed by atoms with E-state index in [0.29, 0.717) is 50.1 Å². The number of aryl methyl sites for hydroxylation is 2. The third-order valence-electron chi connectivity index (χ3n) is 21.9. The van der Waals surface area contributed by atoms with Crippen molar-refractivity contribution in [2.24, 2.45) is 10.9 Å². The molecule has 3 aromatic rings. The van der Waals surface area contributed by atoms with Crippen LogP contribution in [0.4, 0.5) is 5.82 Å². The van der Waals surface area contributed by atoms with E-state index in [2.05, 4.69) is 96.3 Å². The Kier molecular flexibility index (Phi) is 35.8. The normalized spacial score (nSPS) is 21.2. The highest BCUT2D eigenvalue weighted by Crippen LogP contribution is 2.66. The molecular formula is C79H106N13O27P3S2. The van der Waals surface area contributed by atoms with Crippen LogP contribution in [0.3, 0.4) is 0 Å². The second kappa shape index (κ2) is 45.1. The number of carboxylic acid groups (broad SMARTS) is 3. The Hall–Kier alpha value is -9.46. The molecule has 4 fully saturated rings. The molecule has 6 aliphatic rings. The summed E-state index contributed by atoms with van der Waals surface area (Å²) in [7, 11) is -12.5. The molecule has 12 atom stereocenters. The highest BCUT2D eigenvalue weighted by Gasteiger charge is 2.46. The minimum Gasteiger partial charge on any atom is -0.481 e. The molecule has 676 valence electrons.